The molecular formula is C30H35N5O8S. The van der Waals surface area contributed by atoms with Crippen molar-refractivity contribution in [1.82, 2.24) is 10.3 Å². The molecule has 13 nitrogen and oxygen atoms in total. The highest BCUT2D eigenvalue weighted by Crippen LogP contribution is 2.30. The lowest BCUT2D eigenvalue weighted by atomic mass is 9.88. The molecule has 0 aliphatic rings. The molecule has 6 N–H and O–H groups in total. The zero-order valence-corrected chi connectivity index (χ0v) is 25.7. The van der Waals surface area contributed by atoms with E-state index in [2.05, 4.69) is 15.6 Å². The first-order chi connectivity index (χ1) is 20.5. The Morgan fingerprint density at radius 3 is 2.16 bits per heavy atom. The summed E-state index contributed by atoms with van der Waals surface area (Å²) in [6.45, 7) is 5.46. The molecule has 14 heteroatoms. The predicted octanol–water partition coefficient (Wildman–Crippen LogP) is 3.50. The number of amidine groups is 1. The van der Waals surface area contributed by atoms with Crippen LogP contribution in [0.1, 0.15) is 64.0 Å². The number of nitrogens with two attached hydrogens (primary N) is 1. The smallest absolute Gasteiger partial charge is 0.336 e. The largest absolute Gasteiger partial charge is 0.481 e. The van der Waals surface area contributed by atoms with Crippen molar-refractivity contribution < 1.29 is 36.8 Å². The minimum atomic E-state index is -3.76. The van der Waals surface area contributed by atoms with Crippen LogP contribution in [0.25, 0.3) is 11.1 Å². The maximum Gasteiger partial charge on any atom is 0.336 e. The number of rotatable bonds is 12. The van der Waals surface area contributed by atoms with Gasteiger partial charge < -0.3 is 26.2 Å². The van der Waals surface area contributed by atoms with E-state index >= 15 is 0 Å². The van der Waals surface area contributed by atoms with Crippen molar-refractivity contribution in [2.24, 2.45) is 11.1 Å². The minimum Gasteiger partial charge on any atom is -0.481 e. The number of pyridine rings is 1. The molecule has 3 aromatic rings. The number of carbonyl (C=O) groups excluding carboxylic acids is 2. The van der Waals surface area contributed by atoms with E-state index in [0.29, 0.717) is 17.7 Å². The summed E-state index contributed by atoms with van der Waals surface area (Å²) in [6.07, 6.45) is 1.29. The average Bonchev–Trinajstić information content (AvgIpc) is 2.94. The Morgan fingerprint density at radius 1 is 1.00 bits per heavy atom. The van der Waals surface area contributed by atoms with Gasteiger partial charge in [0.2, 0.25) is 5.88 Å². The number of aromatic carboxylic acids is 1. The first-order valence-electron chi connectivity index (χ1n) is 13.3. The van der Waals surface area contributed by atoms with Crippen LogP contribution in [0.3, 0.4) is 0 Å². The lowest BCUT2D eigenvalue weighted by Gasteiger charge is -2.26. The molecule has 2 aromatic carbocycles. The van der Waals surface area contributed by atoms with Crippen molar-refractivity contribution in [3.05, 3.63) is 77.0 Å². The Balaban J connectivity index is 1.98. The number of hydrogen-bond acceptors (Lipinski definition) is 9. The van der Waals surface area contributed by atoms with E-state index in [4.69, 9.17) is 20.1 Å². The summed E-state index contributed by atoms with van der Waals surface area (Å²) in [7, 11) is -2.39. The fourth-order valence-corrected chi connectivity index (χ4v) is 4.74. The van der Waals surface area contributed by atoms with Crippen LogP contribution >= 0.6 is 0 Å². The number of benzene rings is 2. The van der Waals surface area contributed by atoms with Crippen LogP contribution in [0.5, 0.6) is 5.88 Å². The van der Waals surface area contributed by atoms with Crippen LogP contribution in [-0.2, 0) is 14.3 Å². The van der Waals surface area contributed by atoms with E-state index in [1.165, 1.54) is 37.4 Å². The number of hydrogen-bond donors (Lipinski definition) is 5. The van der Waals surface area contributed by atoms with Gasteiger partial charge in [-0.25, -0.2) is 9.78 Å². The molecule has 234 valence electrons. The van der Waals surface area contributed by atoms with Crippen LogP contribution in [0.2, 0.25) is 0 Å². The second-order valence-electron chi connectivity index (χ2n) is 11.2. The molecule has 0 spiro atoms. The molecule has 2 amide bonds. The number of methoxy groups -OCH3 is 1. The molecule has 0 unspecified atom stereocenters. The first kappa shape index (κ1) is 33.7. The molecule has 0 aliphatic carbocycles. The number of anilines is 1. The van der Waals surface area contributed by atoms with Gasteiger partial charge in [0, 0.05) is 28.4 Å². The van der Waals surface area contributed by atoms with Gasteiger partial charge in [-0.3, -0.25) is 19.2 Å². The lowest BCUT2D eigenvalue weighted by Crippen LogP contribution is -2.41. The number of amides is 2. The predicted molar refractivity (Wildman–Crippen MR) is 165 cm³/mol. The quantitative estimate of drug-likeness (QED) is 0.112. The number of nitrogens with zero attached hydrogens (tertiary/aromatic N) is 1. The summed E-state index contributed by atoms with van der Waals surface area (Å²) in [5.41, 5.74) is 5.92. The van der Waals surface area contributed by atoms with Crippen molar-refractivity contribution in [3.63, 3.8) is 0 Å². The van der Waals surface area contributed by atoms with Crippen LogP contribution in [0.4, 0.5) is 5.69 Å². The van der Waals surface area contributed by atoms with Gasteiger partial charge in [-0.2, -0.15) is 8.42 Å². The highest BCUT2D eigenvalue weighted by molar-refractivity contribution is 7.85. The Kier molecular flexibility index (Phi) is 10.4. The van der Waals surface area contributed by atoms with E-state index < -0.39 is 33.9 Å². The number of nitrogen functional groups attached to an aromatic ring is 1. The highest BCUT2D eigenvalue weighted by atomic mass is 32.2. The van der Waals surface area contributed by atoms with Crippen molar-refractivity contribution in [2.75, 3.05) is 25.3 Å². The number of aromatic nitrogens is 1. The summed E-state index contributed by atoms with van der Waals surface area (Å²) in [6, 6.07) is 12.5. The van der Waals surface area contributed by atoms with Gasteiger partial charge in [0.05, 0.1) is 31.6 Å². The van der Waals surface area contributed by atoms with E-state index in [9.17, 15) is 27.9 Å². The molecule has 1 aromatic heterocycles. The maximum absolute atomic E-state index is 13.4. The Bertz CT molecular complexity index is 1680. The van der Waals surface area contributed by atoms with Crippen molar-refractivity contribution in [1.29, 1.82) is 5.41 Å². The third-order valence-electron chi connectivity index (χ3n) is 6.23. The number of carboxylic acid groups (broad SMARTS) is 1. The average molecular weight is 626 g/mol. The standard InChI is InChI=1S/C30H35N5O8S/c1-30(2,3)15-20(16-43-44(5,40)41)34-27(36)18-8-11-21(23(14-18)29(38)39)22-12-13-24(42-4)35-25(22)28(37)33-19-9-6-17(7-10-19)26(31)32/h6-14,20H,15-16H2,1-5H3,(H3,31,32)(H,33,37)(H,34,36)(H,38,39)/t20-/m0/s1. The minimum absolute atomic E-state index is 0.00227. The molecular weight excluding hydrogens is 590 g/mol. The van der Waals surface area contributed by atoms with Gasteiger partial charge in [0.25, 0.3) is 21.9 Å². The Labute approximate surface area is 255 Å². The van der Waals surface area contributed by atoms with E-state index in [0.717, 1.165) is 6.26 Å². The van der Waals surface area contributed by atoms with Gasteiger partial charge in [-0.05, 0) is 59.9 Å². The zero-order chi connectivity index (χ0) is 32.8. The van der Waals surface area contributed by atoms with Crippen LogP contribution in [0, 0.1) is 10.8 Å². The molecule has 0 fully saturated rings. The fourth-order valence-electron chi connectivity index (χ4n) is 4.33. The SMILES string of the molecule is COc1ccc(-c2ccc(C(=O)N[C@H](COS(C)(=O)=O)CC(C)(C)C)cc2C(=O)O)c(C(=O)Nc2ccc(C(=N)N)cc2)n1. The van der Waals surface area contributed by atoms with Gasteiger partial charge in [0.15, 0.2) is 0 Å². The number of nitrogens with one attached hydrogen (secondary N) is 3. The molecule has 1 atom stereocenters. The van der Waals surface area contributed by atoms with E-state index in [1.807, 2.05) is 20.8 Å². The number of carboxylic acids is 1. The van der Waals surface area contributed by atoms with Crippen molar-refractivity contribution in [3.8, 4) is 17.0 Å². The molecule has 0 bridgehead atoms. The monoisotopic (exact) mass is 625 g/mol. The highest BCUT2D eigenvalue weighted by Gasteiger charge is 2.25. The molecule has 0 saturated heterocycles. The van der Waals surface area contributed by atoms with Gasteiger partial charge in [-0.1, -0.05) is 26.8 Å². The van der Waals surface area contributed by atoms with E-state index in [-0.39, 0.29) is 51.7 Å². The van der Waals surface area contributed by atoms with Crippen LogP contribution in [-0.4, -0.2) is 68.1 Å². The van der Waals surface area contributed by atoms with Gasteiger partial charge in [0.1, 0.15) is 11.5 Å². The zero-order valence-electron chi connectivity index (χ0n) is 24.9. The molecule has 3 rings (SSSR count). The third kappa shape index (κ3) is 9.34. The van der Waals surface area contributed by atoms with Crippen molar-refractivity contribution in [2.45, 2.75) is 33.2 Å². The number of carbonyl (C=O) groups is 3. The summed E-state index contributed by atoms with van der Waals surface area (Å²) < 4.78 is 33.2. The Morgan fingerprint density at radius 2 is 1.61 bits per heavy atom. The normalized spacial score (nSPS) is 12.2. The van der Waals surface area contributed by atoms with Crippen LogP contribution < -0.4 is 21.1 Å². The summed E-state index contributed by atoms with van der Waals surface area (Å²) in [5, 5.41) is 23.0. The summed E-state index contributed by atoms with van der Waals surface area (Å²) in [4.78, 5) is 43.2. The second-order valence-corrected chi connectivity index (χ2v) is 12.8. The fraction of sp³-hybridized carbons (Fsp3) is 0.300. The molecule has 0 saturated carbocycles. The summed E-state index contributed by atoms with van der Waals surface area (Å²) >= 11 is 0. The topological polar surface area (TPSA) is 211 Å². The van der Waals surface area contributed by atoms with Crippen molar-refractivity contribution >= 4 is 39.4 Å². The van der Waals surface area contributed by atoms with Gasteiger partial charge >= 0.3 is 5.97 Å². The first-order valence-corrected chi connectivity index (χ1v) is 15.1. The third-order valence-corrected chi connectivity index (χ3v) is 6.79. The van der Waals surface area contributed by atoms with Gasteiger partial charge in [-0.15, -0.1) is 0 Å². The molecule has 0 radical (unpaired) electrons. The number of ether oxygens (including phenoxy) is 1. The molecule has 1 heterocycles. The summed E-state index contributed by atoms with van der Waals surface area (Å²) in [5.74, 6) is -2.68. The Hall–Kier alpha value is -4.82. The maximum atomic E-state index is 13.4. The second kappa shape index (κ2) is 13.7. The molecule has 0 aliphatic heterocycles. The van der Waals surface area contributed by atoms with Crippen LogP contribution in [0.15, 0.2) is 54.6 Å². The molecule has 44 heavy (non-hydrogen) atoms. The lowest BCUT2D eigenvalue weighted by molar-refractivity contribution is 0.0697. The van der Waals surface area contributed by atoms with E-state index in [1.54, 1.807) is 24.3 Å².